The number of anilines is 2. The Balaban J connectivity index is 1.15. The monoisotopic (exact) mass is 722 g/mol. The summed E-state index contributed by atoms with van der Waals surface area (Å²) < 4.78 is 107. The number of hydrogen-bond donors (Lipinski definition) is 5. The first-order chi connectivity index (χ1) is 22.6. The minimum atomic E-state index is -5.37. The minimum Gasteiger partial charge on any atom is -0.382 e. The van der Waals surface area contributed by atoms with E-state index in [4.69, 9.17) is 39.0 Å². The van der Waals surface area contributed by atoms with E-state index in [9.17, 15) is 23.7 Å². The van der Waals surface area contributed by atoms with Crippen molar-refractivity contribution in [2.24, 2.45) is 5.41 Å². The first kappa shape index (κ1) is 31.7. The van der Waals surface area contributed by atoms with Crippen LogP contribution in [-0.4, -0.2) is 98.5 Å². The minimum absolute atomic E-state index is 0.0137. The van der Waals surface area contributed by atoms with Gasteiger partial charge in [-0.05, 0) is 0 Å². The zero-order chi connectivity index (χ0) is 34.0. The molecular weight excluding hydrogens is 699 g/mol. The van der Waals surface area contributed by atoms with E-state index in [1.54, 1.807) is 0 Å². The third-order valence-corrected chi connectivity index (χ3v) is 10.6. The lowest BCUT2D eigenvalue weighted by atomic mass is 9.94. The van der Waals surface area contributed by atoms with Gasteiger partial charge in [-0.1, -0.05) is 0 Å². The second-order valence-corrected chi connectivity index (χ2v) is 14.2. The highest BCUT2D eigenvalue weighted by Gasteiger charge is 2.84. The molecule has 10 atom stereocenters. The molecule has 4 aromatic rings. The van der Waals surface area contributed by atoms with Crippen LogP contribution in [0.1, 0.15) is 18.9 Å². The van der Waals surface area contributed by atoms with E-state index >= 15 is 13.2 Å². The van der Waals surface area contributed by atoms with Crippen LogP contribution in [0.15, 0.2) is 23.8 Å². The number of alkyl halides is 3. The van der Waals surface area contributed by atoms with Crippen molar-refractivity contribution in [2.75, 3.05) is 24.7 Å². The summed E-state index contributed by atoms with van der Waals surface area (Å²) in [5, 5.41) is 0. The van der Waals surface area contributed by atoms with E-state index in [0.29, 0.717) is 0 Å². The van der Waals surface area contributed by atoms with E-state index in [1.165, 1.54) is 0 Å². The second-order valence-electron chi connectivity index (χ2n) is 11.4. The van der Waals surface area contributed by atoms with Crippen molar-refractivity contribution < 1.29 is 59.7 Å². The number of nitrogens with two attached hydrogens (primary N) is 2. The van der Waals surface area contributed by atoms with Gasteiger partial charge < -0.3 is 30.7 Å². The highest BCUT2D eigenvalue weighted by molar-refractivity contribution is 7.47. The van der Waals surface area contributed by atoms with Crippen molar-refractivity contribution in [3.8, 4) is 0 Å². The summed E-state index contributed by atoms with van der Waals surface area (Å²) in [6.45, 7) is -2.09. The standard InChI is InChI=1S/C22H23F3N10O11P2/c23-9-12-7(43-18(9)35-6-31-11-16(35)32-20(27)33-17(11)36)1-41-48(39,40)46-13-19(34-5-30-10-14(26)28-4-29-15(10)34)44-8(2-42-47(37,38)45-12)21(13)3-22(21,24)25/h4-9,12-13,18-19H,1-3H2,(H,37,38)(H,39,40)(H2,26,28,29)(H3,27,32,33,36)/t7-,8-,9-,12-,13+,18-,19-,21-/m1/s1. The molecule has 21 nitrogen and oxygen atoms in total. The smallest absolute Gasteiger partial charge is 0.382 e. The van der Waals surface area contributed by atoms with E-state index in [-0.39, 0.29) is 34.1 Å². The van der Waals surface area contributed by atoms with Crippen molar-refractivity contribution in [3.05, 3.63) is 29.3 Å². The Hall–Kier alpha value is -3.57. The number of H-pyrrole nitrogens is 1. The van der Waals surface area contributed by atoms with Crippen molar-refractivity contribution >= 4 is 49.7 Å². The topological polar surface area (TPSA) is 289 Å². The molecule has 4 fully saturated rings. The molecule has 0 aromatic carbocycles. The number of aromatic nitrogens is 8. The molecule has 7 N–H and O–H groups in total. The summed E-state index contributed by atoms with van der Waals surface area (Å²) in [7, 11) is -10.7. The van der Waals surface area contributed by atoms with Crippen LogP contribution >= 0.6 is 15.6 Å². The van der Waals surface area contributed by atoms with Gasteiger partial charge in [0.15, 0.2) is 41.3 Å². The third kappa shape index (κ3) is 4.78. The van der Waals surface area contributed by atoms with Crippen LogP contribution in [0.5, 0.6) is 0 Å². The highest BCUT2D eigenvalue weighted by atomic mass is 31.2. The van der Waals surface area contributed by atoms with E-state index in [1.807, 2.05) is 0 Å². The zero-order valence-electron chi connectivity index (χ0n) is 23.8. The quantitative estimate of drug-likeness (QED) is 0.174. The Kier molecular flexibility index (Phi) is 6.91. The number of hydrogen-bond acceptors (Lipinski definition) is 16. The lowest BCUT2D eigenvalue weighted by molar-refractivity contribution is -0.0672. The third-order valence-electron chi connectivity index (χ3n) is 8.66. The molecule has 4 aliphatic rings. The average Bonchev–Trinajstić information content (AvgIpc) is 3.49. The maximum atomic E-state index is 16.0. The lowest BCUT2D eigenvalue weighted by Gasteiger charge is -2.27. The molecule has 1 aliphatic carbocycles. The van der Waals surface area contributed by atoms with Gasteiger partial charge in [0, 0.05) is 6.42 Å². The number of aromatic amines is 1. The second kappa shape index (κ2) is 10.5. The number of nitrogens with one attached hydrogen (secondary N) is 1. The van der Waals surface area contributed by atoms with E-state index < -0.39 is 95.2 Å². The number of nitrogen functional groups attached to an aromatic ring is 2. The van der Waals surface area contributed by atoms with E-state index in [0.717, 1.165) is 28.1 Å². The summed E-state index contributed by atoms with van der Waals surface area (Å²) in [6, 6.07) is 0. The number of nitrogens with zero attached hydrogens (tertiary/aromatic N) is 7. The van der Waals surface area contributed by atoms with Crippen LogP contribution in [0.2, 0.25) is 0 Å². The van der Waals surface area contributed by atoms with Gasteiger partial charge in [-0.2, -0.15) is 4.98 Å². The number of halogens is 3. The predicted octanol–water partition coefficient (Wildman–Crippen LogP) is 0.300. The highest BCUT2D eigenvalue weighted by Crippen LogP contribution is 2.73. The molecule has 7 heterocycles. The van der Waals surface area contributed by atoms with Gasteiger partial charge in [0.25, 0.3) is 11.5 Å². The van der Waals surface area contributed by atoms with Gasteiger partial charge in [-0.25, -0.2) is 42.2 Å². The summed E-state index contributed by atoms with van der Waals surface area (Å²) in [6.07, 6.45) is -11.0. The maximum absolute atomic E-state index is 16.0. The van der Waals surface area contributed by atoms with E-state index in [2.05, 4.69) is 29.9 Å². The molecule has 48 heavy (non-hydrogen) atoms. The molecule has 4 aromatic heterocycles. The fraction of sp³-hybridized carbons (Fsp3) is 0.545. The fourth-order valence-corrected chi connectivity index (χ4v) is 8.30. The Morgan fingerprint density at radius 2 is 1.60 bits per heavy atom. The Morgan fingerprint density at radius 3 is 2.33 bits per heavy atom. The summed E-state index contributed by atoms with van der Waals surface area (Å²) in [4.78, 5) is 55.7. The maximum Gasteiger partial charge on any atom is 0.472 e. The molecule has 3 aliphatic heterocycles. The summed E-state index contributed by atoms with van der Waals surface area (Å²) in [5.41, 5.74) is 7.88. The van der Waals surface area contributed by atoms with Crippen molar-refractivity contribution in [3.63, 3.8) is 0 Å². The number of imidazole rings is 2. The number of phosphoric ester groups is 2. The zero-order valence-corrected chi connectivity index (χ0v) is 25.6. The Bertz CT molecular complexity index is 2120. The number of phosphoric acid groups is 2. The van der Waals surface area contributed by atoms with Gasteiger partial charge in [-0.15, -0.1) is 0 Å². The van der Waals surface area contributed by atoms with Crippen molar-refractivity contribution in [2.45, 2.75) is 55.4 Å². The van der Waals surface area contributed by atoms with Crippen LogP contribution in [0.25, 0.3) is 22.3 Å². The van der Waals surface area contributed by atoms with Crippen LogP contribution < -0.4 is 17.0 Å². The van der Waals surface area contributed by atoms with Crippen LogP contribution in [0.3, 0.4) is 0 Å². The number of ether oxygens (including phenoxy) is 2. The summed E-state index contributed by atoms with van der Waals surface area (Å²) in [5.74, 6) is -4.00. The molecular formula is C22H23F3N10O11P2. The lowest BCUT2D eigenvalue weighted by Crippen LogP contribution is -2.37. The van der Waals surface area contributed by atoms with Gasteiger partial charge in [0.2, 0.25) is 5.95 Å². The average molecular weight is 722 g/mol. The molecule has 1 saturated carbocycles. The molecule has 3 saturated heterocycles. The Morgan fingerprint density at radius 1 is 0.938 bits per heavy atom. The molecule has 2 bridgehead atoms. The van der Waals surface area contributed by atoms with Crippen LogP contribution in [0, 0.1) is 5.41 Å². The molecule has 1 spiro atoms. The molecule has 0 radical (unpaired) electrons. The fourth-order valence-electron chi connectivity index (χ4n) is 6.38. The van der Waals surface area contributed by atoms with Crippen LogP contribution in [0.4, 0.5) is 24.9 Å². The molecule has 2 unspecified atom stereocenters. The molecule has 26 heteroatoms. The first-order valence-corrected chi connectivity index (χ1v) is 16.9. The Labute approximate surface area is 263 Å². The first-order valence-electron chi connectivity index (χ1n) is 13.9. The largest absolute Gasteiger partial charge is 0.472 e. The normalized spacial score (nSPS) is 39.6. The predicted molar refractivity (Wildman–Crippen MR) is 148 cm³/mol. The van der Waals surface area contributed by atoms with Crippen molar-refractivity contribution in [1.29, 1.82) is 0 Å². The molecule has 0 amide bonds. The SMILES string of the molecule is Nc1nc2c(ncn2[C@@H]2O[C@@H]3COP(=O)(O)O[C@H]4[C@H](n5cnc6c(N)ncnc65)O[C@H](COP(=O)(O)O[C@H]3[C@H]2F)[C@]42CC2(F)F)c(=O)[nH]1. The van der Waals surface area contributed by atoms with Gasteiger partial charge in [-0.3, -0.25) is 37.0 Å². The van der Waals surface area contributed by atoms with Crippen LogP contribution in [-0.2, 0) is 36.7 Å². The van der Waals surface area contributed by atoms with Gasteiger partial charge >= 0.3 is 15.6 Å². The molecule has 8 rings (SSSR count). The van der Waals surface area contributed by atoms with Gasteiger partial charge in [0.1, 0.15) is 30.2 Å². The van der Waals surface area contributed by atoms with Gasteiger partial charge in [0.05, 0.1) is 37.4 Å². The summed E-state index contributed by atoms with van der Waals surface area (Å²) >= 11 is 0. The number of rotatable bonds is 2. The molecule has 258 valence electrons. The van der Waals surface area contributed by atoms with Crippen molar-refractivity contribution in [1.82, 2.24) is 39.0 Å². The number of fused-ring (bicyclic) bond motifs is 3.